The molecule has 6 heteroatoms. The summed E-state index contributed by atoms with van der Waals surface area (Å²) in [6.45, 7) is 12.4. The van der Waals surface area contributed by atoms with Crippen LogP contribution in [-0.4, -0.2) is 63.1 Å². The number of benzene rings is 1. The molecule has 0 N–H and O–H groups in total. The van der Waals surface area contributed by atoms with E-state index in [9.17, 15) is 13.2 Å². The molecule has 0 saturated carbocycles. The van der Waals surface area contributed by atoms with Gasteiger partial charge in [-0.1, -0.05) is 33.8 Å². The lowest BCUT2D eigenvalue weighted by Crippen LogP contribution is -2.40. The van der Waals surface area contributed by atoms with E-state index in [0.29, 0.717) is 24.6 Å². The van der Waals surface area contributed by atoms with Crippen molar-refractivity contribution in [2.45, 2.75) is 32.6 Å². The van der Waals surface area contributed by atoms with Crippen LogP contribution in [0.4, 0.5) is 0 Å². The van der Waals surface area contributed by atoms with E-state index in [-0.39, 0.29) is 10.8 Å². The van der Waals surface area contributed by atoms with Gasteiger partial charge >= 0.3 is 0 Å². The summed E-state index contributed by atoms with van der Waals surface area (Å²) in [7, 11) is -3.32. The van der Waals surface area contributed by atoms with Gasteiger partial charge in [-0.25, -0.2) is 8.42 Å². The zero-order valence-electron chi connectivity index (χ0n) is 15.4. The summed E-state index contributed by atoms with van der Waals surface area (Å²) in [6.07, 6.45) is 1.16. The van der Waals surface area contributed by atoms with Crippen LogP contribution in [0.2, 0.25) is 0 Å². The van der Waals surface area contributed by atoms with Crippen molar-refractivity contribution in [2.24, 2.45) is 5.92 Å². The summed E-state index contributed by atoms with van der Waals surface area (Å²) < 4.78 is 23.4. The second kappa shape index (κ2) is 9.18. The Balaban J connectivity index is 2.99. The van der Waals surface area contributed by atoms with E-state index in [0.717, 1.165) is 25.9 Å². The lowest BCUT2D eigenvalue weighted by molar-refractivity contribution is 0.0716. The Morgan fingerprint density at radius 1 is 1.12 bits per heavy atom. The van der Waals surface area contributed by atoms with Gasteiger partial charge in [0, 0.05) is 31.5 Å². The van der Waals surface area contributed by atoms with E-state index in [1.807, 2.05) is 4.90 Å². The first-order valence-electron chi connectivity index (χ1n) is 8.50. The number of amides is 1. The van der Waals surface area contributed by atoms with Gasteiger partial charge in [-0.3, -0.25) is 4.79 Å². The number of hydrogen-bond donors (Lipinski definition) is 0. The minimum absolute atomic E-state index is 0.110. The molecule has 1 rings (SSSR count). The standard InChI is InChI=1S/C18H30N2O3S/c1-6-19(7-2)11-12-20(14-15(3)4)18(21)16-9-8-10-17(13-16)24(5,22)23/h8-10,13,15H,6-7,11-12,14H2,1-5H3. The molecule has 0 saturated heterocycles. The van der Waals surface area contributed by atoms with Gasteiger partial charge in [-0.15, -0.1) is 0 Å². The van der Waals surface area contributed by atoms with Gasteiger partial charge < -0.3 is 9.80 Å². The fourth-order valence-electron chi connectivity index (χ4n) is 2.56. The van der Waals surface area contributed by atoms with Crippen molar-refractivity contribution in [3.63, 3.8) is 0 Å². The van der Waals surface area contributed by atoms with Gasteiger partial charge in [0.15, 0.2) is 9.84 Å². The molecule has 1 aromatic carbocycles. The van der Waals surface area contributed by atoms with E-state index in [1.165, 1.54) is 12.1 Å². The molecular weight excluding hydrogens is 324 g/mol. The van der Waals surface area contributed by atoms with Crippen molar-refractivity contribution in [3.8, 4) is 0 Å². The van der Waals surface area contributed by atoms with E-state index >= 15 is 0 Å². The van der Waals surface area contributed by atoms with Crippen molar-refractivity contribution in [2.75, 3.05) is 39.0 Å². The molecule has 0 heterocycles. The van der Waals surface area contributed by atoms with Crippen molar-refractivity contribution in [3.05, 3.63) is 29.8 Å². The molecule has 136 valence electrons. The molecule has 0 radical (unpaired) electrons. The van der Waals surface area contributed by atoms with Crippen LogP contribution in [0.5, 0.6) is 0 Å². The van der Waals surface area contributed by atoms with Crippen LogP contribution in [0, 0.1) is 5.92 Å². The third-order valence-corrected chi connectivity index (χ3v) is 5.07. The number of nitrogens with zero attached hydrogens (tertiary/aromatic N) is 2. The highest BCUT2D eigenvalue weighted by Crippen LogP contribution is 2.14. The molecule has 24 heavy (non-hydrogen) atoms. The highest BCUT2D eigenvalue weighted by Gasteiger charge is 2.19. The molecule has 0 aromatic heterocycles. The predicted octanol–water partition coefficient (Wildman–Crippen LogP) is 2.53. The molecule has 0 fully saturated rings. The first-order chi connectivity index (χ1) is 11.2. The topological polar surface area (TPSA) is 57.7 Å². The quantitative estimate of drug-likeness (QED) is 0.684. The summed E-state index contributed by atoms with van der Waals surface area (Å²) in [5, 5.41) is 0. The van der Waals surface area contributed by atoms with Gasteiger partial charge in [0.2, 0.25) is 0 Å². The lowest BCUT2D eigenvalue weighted by atomic mass is 10.1. The monoisotopic (exact) mass is 354 g/mol. The molecule has 0 atom stereocenters. The minimum Gasteiger partial charge on any atom is -0.337 e. The molecule has 0 unspecified atom stereocenters. The molecule has 0 aliphatic rings. The average Bonchev–Trinajstić information content (AvgIpc) is 2.53. The Morgan fingerprint density at radius 2 is 1.75 bits per heavy atom. The molecule has 0 spiro atoms. The van der Waals surface area contributed by atoms with E-state index < -0.39 is 9.84 Å². The summed E-state index contributed by atoms with van der Waals surface area (Å²) in [5.41, 5.74) is 0.429. The summed E-state index contributed by atoms with van der Waals surface area (Å²) in [5.74, 6) is 0.241. The Hall–Kier alpha value is -1.40. The fourth-order valence-corrected chi connectivity index (χ4v) is 3.23. The second-order valence-electron chi connectivity index (χ2n) is 6.47. The van der Waals surface area contributed by atoms with Gasteiger partial charge in [-0.05, 0) is 37.2 Å². The van der Waals surface area contributed by atoms with E-state index in [4.69, 9.17) is 0 Å². The third-order valence-electron chi connectivity index (χ3n) is 3.96. The summed E-state index contributed by atoms with van der Waals surface area (Å²) in [6, 6.07) is 6.31. The van der Waals surface area contributed by atoms with Crippen LogP contribution < -0.4 is 0 Å². The number of carbonyl (C=O) groups excluding carboxylic acids is 1. The van der Waals surface area contributed by atoms with Gasteiger partial charge in [0.1, 0.15) is 0 Å². The summed E-state index contributed by atoms with van der Waals surface area (Å²) >= 11 is 0. The first-order valence-corrected chi connectivity index (χ1v) is 10.4. The van der Waals surface area contributed by atoms with Crippen LogP contribution in [0.25, 0.3) is 0 Å². The molecule has 0 aliphatic heterocycles. The maximum absolute atomic E-state index is 12.9. The van der Waals surface area contributed by atoms with Crippen LogP contribution in [0.3, 0.4) is 0 Å². The van der Waals surface area contributed by atoms with Crippen molar-refractivity contribution in [1.29, 1.82) is 0 Å². The minimum atomic E-state index is -3.32. The maximum Gasteiger partial charge on any atom is 0.253 e. The smallest absolute Gasteiger partial charge is 0.253 e. The Bertz CT molecular complexity index is 637. The molecule has 5 nitrogen and oxygen atoms in total. The number of hydrogen-bond acceptors (Lipinski definition) is 4. The first kappa shape index (κ1) is 20.6. The molecule has 1 amide bonds. The van der Waals surface area contributed by atoms with Crippen LogP contribution in [0.15, 0.2) is 29.2 Å². The van der Waals surface area contributed by atoms with Crippen molar-refractivity contribution in [1.82, 2.24) is 9.80 Å². The van der Waals surface area contributed by atoms with Crippen LogP contribution in [0.1, 0.15) is 38.1 Å². The maximum atomic E-state index is 12.9. The molecule has 1 aromatic rings. The molecule has 0 aliphatic carbocycles. The zero-order chi connectivity index (χ0) is 18.3. The van der Waals surface area contributed by atoms with Crippen molar-refractivity contribution >= 4 is 15.7 Å². The molecular formula is C18H30N2O3S. The Morgan fingerprint density at radius 3 is 2.25 bits per heavy atom. The zero-order valence-corrected chi connectivity index (χ0v) is 16.3. The largest absolute Gasteiger partial charge is 0.337 e. The highest BCUT2D eigenvalue weighted by molar-refractivity contribution is 7.90. The van der Waals surface area contributed by atoms with Crippen LogP contribution in [-0.2, 0) is 9.84 Å². The Kier molecular flexibility index (Phi) is 7.90. The highest BCUT2D eigenvalue weighted by atomic mass is 32.2. The van der Waals surface area contributed by atoms with E-state index in [1.54, 1.807) is 12.1 Å². The van der Waals surface area contributed by atoms with Gasteiger partial charge in [-0.2, -0.15) is 0 Å². The number of rotatable bonds is 9. The lowest BCUT2D eigenvalue weighted by Gasteiger charge is -2.28. The van der Waals surface area contributed by atoms with Gasteiger partial charge in [0.25, 0.3) is 5.91 Å². The predicted molar refractivity (Wildman–Crippen MR) is 98.1 cm³/mol. The van der Waals surface area contributed by atoms with Crippen molar-refractivity contribution < 1.29 is 13.2 Å². The number of sulfone groups is 1. The number of carbonyl (C=O) groups is 1. The normalized spacial score (nSPS) is 12.0. The number of likely N-dealkylation sites (N-methyl/N-ethyl adjacent to an activating group) is 1. The fraction of sp³-hybridized carbons (Fsp3) is 0.611. The Labute approximate surface area is 146 Å². The van der Waals surface area contributed by atoms with Crippen LogP contribution >= 0.6 is 0 Å². The van der Waals surface area contributed by atoms with E-state index in [2.05, 4.69) is 32.6 Å². The average molecular weight is 355 g/mol. The SMILES string of the molecule is CCN(CC)CCN(CC(C)C)C(=O)c1cccc(S(C)(=O)=O)c1. The second-order valence-corrected chi connectivity index (χ2v) is 8.49. The third kappa shape index (κ3) is 6.24. The van der Waals surface area contributed by atoms with Gasteiger partial charge in [0.05, 0.1) is 4.90 Å². The molecule has 0 bridgehead atoms. The summed E-state index contributed by atoms with van der Waals surface area (Å²) in [4.78, 5) is 17.1.